The SMILES string of the molecule is CCCOCCOC1CCCC(CO)(NC2CC2)C1. The van der Waals surface area contributed by atoms with Crippen LogP contribution in [0.2, 0.25) is 0 Å². The van der Waals surface area contributed by atoms with Gasteiger partial charge in [0.2, 0.25) is 0 Å². The van der Waals surface area contributed by atoms with Gasteiger partial charge in [0.25, 0.3) is 0 Å². The Morgan fingerprint density at radius 3 is 2.74 bits per heavy atom. The number of ether oxygens (including phenoxy) is 2. The van der Waals surface area contributed by atoms with Crippen LogP contribution >= 0.6 is 0 Å². The molecule has 0 heterocycles. The largest absolute Gasteiger partial charge is 0.394 e. The molecule has 2 saturated carbocycles. The van der Waals surface area contributed by atoms with Gasteiger partial charge in [-0.2, -0.15) is 0 Å². The Labute approximate surface area is 116 Å². The van der Waals surface area contributed by atoms with Crippen LogP contribution in [0.25, 0.3) is 0 Å². The van der Waals surface area contributed by atoms with Crippen molar-refractivity contribution in [1.82, 2.24) is 5.32 Å². The minimum atomic E-state index is -0.0889. The topological polar surface area (TPSA) is 50.7 Å². The highest BCUT2D eigenvalue weighted by Gasteiger charge is 2.40. The second kappa shape index (κ2) is 7.58. The molecule has 0 saturated heterocycles. The monoisotopic (exact) mass is 271 g/mol. The van der Waals surface area contributed by atoms with E-state index in [2.05, 4.69) is 12.2 Å². The number of nitrogens with one attached hydrogen (secondary N) is 1. The van der Waals surface area contributed by atoms with Crippen molar-refractivity contribution in [1.29, 1.82) is 0 Å². The van der Waals surface area contributed by atoms with Gasteiger partial charge in [0, 0.05) is 18.2 Å². The standard InChI is InChI=1S/C15H29NO3/c1-2-8-18-9-10-19-14-4-3-7-15(11-14,12-17)16-13-5-6-13/h13-14,16-17H,2-12H2,1H3. The van der Waals surface area contributed by atoms with Crippen molar-refractivity contribution in [2.75, 3.05) is 26.4 Å². The summed E-state index contributed by atoms with van der Waals surface area (Å²) >= 11 is 0. The Hall–Kier alpha value is -0.160. The first-order chi connectivity index (χ1) is 9.28. The second-order valence-electron chi connectivity index (χ2n) is 6.06. The summed E-state index contributed by atoms with van der Waals surface area (Å²) in [4.78, 5) is 0. The van der Waals surface area contributed by atoms with Gasteiger partial charge < -0.3 is 19.9 Å². The van der Waals surface area contributed by atoms with Crippen molar-refractivity contribution in [3.63, 3.8) is 0 Å². The summed E-state index contributed by atoms with van der Waals surface area (Å²) in [5.74, 6) is 0. The van der Waals surface area contributed by atoms with Crippen LogP contribution in [-0.2, 0) is 9.47 Å². The van der Waals surface area contributed by atoms with Crippen LogP contribution in [0.15, 0.2) is 0 Å². The lowest BCUT2D eigenvalue weighted by molar-refractivity contribution is -0.0380. The van der Waals surface area contributed by atoms with Crippen molar-refractivity contribution in [3.8, 4) is 0 Å². The summed E-state index contributed by atoms with van der Waals surface area (Å²) in [6.07, 6.45) is 8.12. The predicted octanol–water partition coefficient (Wildman–Crippen LogP) is 1.86. The first kappa shape index (κ1) is 15.2. The molecule has 4 heteroatoms. The molecule has 2 atom stereocenters. The van der Waals surface area contributed by atoms with E-state index in [1.165, 1.54) is 12.8 Å². The Balaban J connectivity index is 1.69. The maximum absolute atomic E-state index is 9.73. The Morgan fingerprint density at radius 1 is 1.21 bits per heavy atom. The summed E-state index contributed by atoms with van der Waals surface area (Å²) < 4.78 is 11.3. The zero-order valence-corrected chi connectivity index (χ0v) is 12.2. The molecular weight excluding hydrogens is 242 g/mol. The van der Waals surface area contributed by atoms with E-state index in [1.807, 2.05) is 0 Å². The molecule has 2 aliphatic carbocycles. The van der Waals surface area contributed by atoms with Crippen LogP contribution in [0.5, 0.6) is 0 Å². The molecule has 2 rings (SSSR count). The van der Waals surface area contributed by atoms with Crippen molar-refractivity contribution in [2.45, 2.75) is 69.6 Å². The van der Waals surface area contributed by atoms with Crippen molar-refractivity contribution in [2.24, 2.45) is 0 Å². The molecule has 2 unspecified atom stereocenters. The van der Waals surface area contributed by atoms with Crippen LogP contribution in [0, 0.1) is 0 Å². The van der Waals surface area contributed by atoms with Gasteiger partial charge >= 0.3 is 0 Å². The molecule has 112 valence electrons. The Morgan fingerprint density at radius 2 is 2.05 bits per heavy atom. The molecule has 2 N–H and O–H groups in total. The lowest BCUT2D eigenvalue weighted by atomic mass is 9.80. The van der Waals surface area contributed by atoms with E-state index in [1.54, 1.807) is 0 Å². The summed E-state index contributed by atoms with van der Waals surface area (Å²) in [7, 11) is 0. The van der Waals surface area contributed by atoms with Crippen molar-refractivity contribution in [3.05, 3.63) is 0 Å². The van der Waals surface area contributed by atoms with Gasteiger partial charge in [-0.3, -0.25) is 0 Å². The molecule has 4 nitrogen and oxygen atoms in total. The molecule has 0 aromatic carbocycles. The third kappa shape index (κ3) is 5.03. The van der Waals surface area contributed by atoms with E-state index < -0.39 is 0 Å². The van der Waals surface area contributed by atoms with Crippen LogP contribution in [0.3, 0.4) is 0 Å². The number of hydrogen-bond acceptors (Lipinski definition) is 4. The summed E-state index contributed by atoms with van der Waals surface area (Å²) in [6.45, 7) is 4.52. The Kier molecular flexibility index (Phi) is 6.07. The molecule has 0 aromatic heterocycles. The average molecular weight is 271 g/mol. The first-order valence-electron chi connectivity index (χ1n) is 7.86. The van der Waals surface area contributed by atoms with E-state index in [0.717, 1.165) is 38.7 Å². The molecule has 0 bridgehead atoms. The fraction of sp³-hybridized carbons (Fsp3) is 1.00. The molecule has 19 heavy (non-hydrogen) atoms. The van der Waals surface area contributed by atoms with Crippen molar-refractivity contribution < 1.29 is 14.6 Å². The number of aliphatic hydroxyl groups excluding tert-OH is 1. The summed E-state index contributed by atoms with van der Waals surface area (Å²) in [5, 5.41) is 13.4. The van der Waals surface area contributed by atoms with Crippen LogP contribution in [0.4, 0.5) is 0 Å². The van der Waals surface area contributed by atoms with Crippen LogP contribution in [0.1, 0.15) is 51.9 Å². The number of rotatable bonds is 9. The van der Waals surface area contributed by atoms with Gasteiger partial charge in [-0.25, -0.2) is 0 Å². The van der Waals surface area contributed by atoms with Gasteiger partial charge in [0.1, 0.15) is 0 Å². The lowest BCUT2D eigenvalue weighted by Crippen LogP contribution is -2.54. The van der Waals surface area contributed by atoms with E-state index in [-0.39, 0.29) is 18.2 Å². The van der Waals surface area contributed by atoms with Gasteiger partial charge in [0.15, 0.2) is 0 Å². The number of aliphatic hydroxyl groups is 1. The van der Waals surface area contributed by atoms with Crippen LogP contribution < -0.4 is 5.32 Å². The quantitative estimate of drug-likeness (QED) is 0.628. The average Bonchev–Trinajstić information content (AvgIpc) is 3.23. The third-order valence-electron chi connectivity index (χ3n) is 4.12. The Bertz CT molecular complexity index is 258. The molecule has 0 radical (unpaired) electrons. The minimum Gasteiger partial charge on any atom is -0.394 e. The molecule has 2 fully saturated rings. The first-order valence-corrected chi connectivity index (χ1v) is 7.86. The summed E-state index contributed by atoms with van der Waals surface area (Å²) in [6, 6.07) is 0.638. The highest BCUT2D eigenvalue weighted by atomic mass is 16.5. The second-order valence-corrected chi connectivity index (χ2v) is 6.06. The maximum atomic E-state index is 9.73. The zero-order chi connectivity index (χ0) is 13.6. The lowest BCUT2D eigenvalue weighted by Gasteiger charge is -2.40. The van der Waals surface area contributed by atoms with Gasteiger partial charge in [-0.15, -0.1) is 0 Å². The maximum Gasteiger partial charge on any atom is 0.0704 e. The molecule has 0 aliphatic heterocycles. The van der Waals surface area contributed by atoms with E-state index >= 15 is 0 Å². The smallest absolute Gasteiger partial charge is 0.0704 e. The summed E-state index contributed by atoms with van der Waals surface area (Å²) in [5.41, 5.74) is -0.0889. The molecular formula is C15H29NO3. The minimum absolute atomic E-state index is 0.0889. The van der Waals surface area contributed by atoms with Gasteiger partial charge in [-0.1, -0.05) is 6.92 Å². The van der Waals surface area contributed by atoms with E-state index in [9.17, 15) is 5.11 Å². The third-order valence-corrected chi connectivity index (χ3v) is 4.12. The predicted molar refractivity (Wildman–Crippen MR) is 75.3 cm³/mol. The number of hydrogen-bond donors (Lipinski definition) is 2. The fourth-order valence-corrected chi connectivity index (χ4v) is 2.95. The highest BCUT2D eigenvalue weighted by Crippen LogP contribution is 2.33. The fourth-order valence-electron chi connectivity index (χ4n) is 2.95. The van der Waals surface area contributed by atoms with Gasteiger partial charge in [-0.05, 0) is 44.9 Å². The highest BCUT2D eigenvalue weighted by molar-refractivity contribution is 4.99. The molecule has 0 spiro atoms. The van der Waals surface area contributed by atoms with Gasteiger partial charge in [0.05, 0.1) is 25.9 Å². The normalized spacial score (nSPS) is 31.6. The molecule has 0 aromatic rings. The molecule has 0 amide bonds. The van der Waals surface area contributed by atoms with Crippen molar-refractivity contribution >= 4 is 0 Å². The van der Waals surface area contributed by atoms with E-state index in [0.29, 0.717) is 19.3 Å². The molecule has 2 aliphatic rings. The zero-order valence-electron chi connectivity index (χ0n) is 12.2. The van der Waals surface area contributed by atoms with E-state index in [4.69, 9.17) is 9.47 Å². The van der Waals surface area contributed by atoms with Crippen LogP contribution in [-0.4, -0.2) is 49.2 Å².